The molecular formula is C24H35BN2O6. The molecule has 1 aromatic rings. The van der Waals surface area contributed by atoms with Gasteiger partial charge in [0.25, 0.3) is 0 Å². The maximum absolute atomic E-state index is 13.1. The molecular weight excluding hydrogens is 423 g/mol. The van der Waals surface area contributed by atoms with Crippen molar-refractivity contribution in [3.63, 3.8) is 0 Å². The third-order valence-corrected chi connectivity index (χ3v) is 6.48. The third-order valence-electron chi connectivity index (χ3n) is 6.48. The van der Waals surface area contributed by atoms with Crippen molar-refractivity contribution in [1.82, 2.24) is 0 Å². The lowest BCUT2D eigenvalue weighted by Crippen LogP contribution is -2.41. The molecule has 1 atom stereocenters. The highest BCUT2D eigenvalue weighted by Gasteiger charge is 2.53. The first kappa shape index (κ1) is 25.5. The van der Waals surface area contributed by atoms with Crippen LogP contribution in [0.4, 0.5) is 10.5 Å². The number of nitriles is 1. The summed E-state index contributed by atoms with van der Waals surface area (Å²) in [6.45, 7) is 15.9. The van der Waals surface area contributed by atoms with Gasteiger partial charge in [-0.25, -0.2) is 4.79 Å². The molecule has 9 heteroatoms. The molecule has 2 heterocycles. The highest BCUT2D eigenvalue weighted by molar-refractivity contribution is 6.62. The minimum atomic E-state index is -0.681. The van der Waals surface area contributed by atoms with E-state index in [0.717, 1.165) is 5.56 Å². The maximum atomic E-state index is 13.1. The highest BCUT2D eigenvalue weighted by Crippen LogP contribution is 2.44. The smallest absolute Gasteiger partial charge is 0.443 e. The molecule has 2 aliphatic heterocycles. The summed E-state index contributed by atoms with van der Waals surface area (Å²) in [5.41, 5.74) is -0.000250. The second-order valence-electron chi connectivity index (χ2n) is 11.1. The molecule has 0 aromatic heterocycles. The molecule has 33 heavy (non-hydrogen) atoms. The number of nitrogens with zero attached hydrogens (tertiary/aromatic N) is 2. The fraction of sp³-hybridized carbons (Fsp3) is 0.667. The number of benzene rings is 1. The Labute approximate surface area is 196 Å². The Morgan fingerprint density at radius 3 is 2.33 bits per heavy atom. The van der Waals surface area contributed by atoms with Crippen molar-refractivity contribution in [3.05, 3.63) is 23.3 Å². The average molecular weight is 458 g/mol. The van der Waals surface area contributed by atoms with Crippen LogP contribution in [0.15, 0.2) is 12.1 Å². The number of aliphatic hydroxyl groups is 1. The number of rotatable bonds is 5. The summed E-state index contributed by atoms with van der Waals surface area (Å²) in [5, 5.41) is 19.2. The van der Waals surface area contributed by atoms with E-state index in [9.17, 15) is 10.1 Å². The van der Waals surface area contributed by atoms with E-state index < -0.39 is 35.4 Å². The predicted octanol–water partition coefficient (Wildman–Crippen LogP) is 2.88. The minimum absolute atomic E-state index is 0.101. The van der Waals surface area contributed by atoms with Gasteiger partial charge in [-0.1, -0.05) is 13.0 Å². The Kier molecular flexibility index (Phi) is 6.64. The number of hydrogen-bond acceptors (Lipinski definition) is 7. The second kappa shape index (κ2) is 8.59. The predicted molar refractivity (Wildman–Crippen MR) is 126 cm³/mol. The van der Waals surface area contributed by atoms with E-state index in [-0.39, 0.29) is 26.4 Å². The van der Waals surface area contributed by atoms with Gasteiger partial charge in [-0.05, 0) is 65.6 Å². The molecule has 1 N–H and O–H groups in total. The van der Waals surface area contributed by atoms with Crippen LogP contribution >= 0.6 is 0 Å². The van der Waals surface area contributed by atoms with Gasteiger partial charge in [0, 0.05) is 12.0 Å². The first-order valence-electron chi connectivity index (χ1n) is 11.3. The average Bonchev–Trinajstić information content (AvgIpc) is 3.10. The van der Waals surface area contributed by atoms with Crippen LogP contribution < -0.4 is 10.4 Å². The van der Waals surface area contributed by atoms with Crippen molar-refractivity contribution >= 4 is 24.4 Å². The van der Waals surface area contributed by atoms with Gasteiger partial charge in [0.05, 0.1) is 42.3 Å². The van der Waals surface area contributed by atoms with Crippen molar-refractivity contribution in [3.8, 4) is 6.07 Å². The SMILES string of the molecule is CC(C)(C)OC(=O)N1CC(C)(COCCO)c2cc(B3OC(C)(C)C(C)(C)O3)cc(C#N)c21. The van der Waals surface area contributed by atoms with Crippen LogP contribution in [0, 0.1) is 11.3 Å². The van der Waals surface area contributed by atoms with Gasteiger partial charge in [0.1, 0.15) is 11.7 Å². The number of hydrogen-bond donors (Lipinski definition) is 1. The largest absolute Gasteiger partial charge is 0.494 e. The van der Waals surface area contributed by atoms with E-state index >= 15 is 0 Å². The molecule has 0 saturated carbocycles. The summed E-state index contributed by atoms with van der Waals surface area (Å²) in [6, 6.07) is 5.90. The van der Waals surface area contributed by atoms with E-state index in [1.165, 1.54) is 4.90 Å². The molecule has 1 saturated heterocycles. The van der Waals surface area contributed by atoms with E-state index in [2.05, 4.69) is 6.07 Å². The third kappa shape index (κ3) is 4.90. The van der Waals surface area contributed by atoms with Crippen molar-refractivity contribution in [2.75, 3.05) is 31.3 Å². The van der Waals surface area contributed by atoms with E-state index in [0.29, 0.717) is 16.7 Å². The van der Waals surface area contributed by atoms with Crippen molar-refractivity contribution in [1.29, 1.82) is 5.26 Å². The summed E-state index contributed by atoms with van der Waals surface area (Å²) in [7, 11) is -0.648. The van der Waals surface area contributed by atoms with Crippen LogP contribution in [0.5, 0.6) is 0 Å². The summed E-state index contributed by atoms with van der Waals surface area (Å²) in [6.07, 6.45) is -0.519. The highest BCUT2D eigenvalue weighted by atomic mass is 16.7. The Bertz CT molecular complexity index is 949. The lowest BCUT2D eigenvalue weighted by atomic mass is 9.74. The monoisotopic (exact) mass is 458 g/mol. The summed E-state index contributed by atoms with van der Waals surface area (Å²) in [5.74, 6) is 0. The van der Waals surface area contributed by atoms with Crippen LogP contribution in [0.1, 0.15) is 66.5 Å². The van der Waals surface area contributed by atoms with Gasteiger partial charge >= 0.3 is 13.2 Å². The zero-order valence-electron chi connectivity index (χ0n) is 20.9. The fourth-order valence-electron chi connectivity index (χ4n) is 4.08. The Morgan fingerprint density at radius 2 is 1.82 bits per heavy atom. The molecule has 1 amide bonds. The lowest BCUT2D eigenvalue weighted by Gasteiger charge is -2.32. The van der Waals surface area contributed by atoms with Crippen LogP contribution in [0.3, 0.4) is 0 Å². The first-order valence-corrected chi connectivity index (χ1v) is 11.3. The lowest BCUT2D eigenvalue weighted by molar-refractivity contribution is 0.00578. The van der Waals surface area contributed by atoms with Crippen molar-refractivity contribution in [2.45, 2.75) is 77.6 Å². The van der Waals surface area contributed by atoms with Crippen molar-refractivity contribution in [2.24, 2.45) is 0 Å². The van der Waals surface area contributed by atoms with Crippen LogP contribution in [-0.2, 0) is 24.2 Å². The molecule has 1 fully saturated rings. The number of aliphatic hydroxyl groups excluding tert-OH is 1. The number of carbonyl (C=O) groups is 1. The van der Waals surface area contributed by atoms with Gasteiger partial charge < -0.3 is 23.9 Å². The number of carbonyl (C=O) groups excluding carboxylic acids is 1. The molecule has 8 nitrogen and oxygen atoms in total. The maximum Gasteiger partial charge on any atom is 0.494 e. The Balaban J connectivity index is 2.09. The molecule has 0 aliphatic carbocycles. The normalized spacial score (nSPS) is 23.4. The minimum Gasteiger partial charge on any atom is -0.443 e. The zero-order chi connectivity index (χ0) is 24.8. The zero-order valence-corrected chi connectivity index (χ0v) is 20.9. The van der Waals surface area contributed by atoms with E-state index in [1.807, 2.05) is 40.7 Å². The molecule has 2 aliphatic rings. The molecule has 180 valence electrons. The van der Waals surface area contributed by atoms with Crippen molar-refractivity contribution < 1.29 is 28.7 Å². The van der Waals surface area contributed by atoms with Gasteiger partial charge in [0.15, 0.2) is 0 Å². The number of fused-ring (bicyclic) bond motifs is 1. The van der Waals surface area contributed by atoms with Crippen LogP contribution in [0.25, 0.3) is 0 Å². The molecule has 1 aromatic carbocycles. The van der Waals surface area contributed by atoms with Crippen LogP contribution in [0.2, 0.25) is 0 Å². The molecule has 0 radical (unpaired) electrons. The van der Waals surface area contributed by atoms with Crippen LogP contribution in [-0.4, -0.2) is 61.5 Å². The molecule has 0 bridgehead atoms. The second-order valence-corrected chi connectivity index (χ2v) is 11.1. The summed E-state index contributed by atoms with van der Waals surface area (Å²) < 4.78 is 23.7. The standard InChI is InChI=1S/C24H35BN2O6/c1-21(2,3)31-20(29)27-14-24(8,15-30-10-9-28)18-12-17(11-16(13-26)19(18)27)25-32-22(4,5)23(6,7)33-25/h11-12,28H,9-10,14-15H2,1-8H3. The number of amides is 1. The van der Waals surface area contributed by atoms with E-state index in [1.54, 1.807) is 26.8 Å². The first-order chi connectivity index (χ1) is 15.1. The van der Waals surface area contributed by atoms with Gasteiger partial charge in [0.2, 0.25) is 0 Å². The fourth-order valence-corrected chi connectivity index (χ4v) is 4.08. The Hall–Kier alpha value is -2.12. The quantitative estimate of drug-likeness (QED) is 0.535. The molecule has 3 rings (SSSR count). The van der Waals surface area contributed by atoms with E-state index in [4.69, 9.17) is 23.9 Å². The summed E-state index contributed by atoms with van der Waals surface area (Å²) in [4.78, 5) is 14.6. The van der Waals surface area contributed by atoms with Gasteiger partial charge in [-0.15, -0.1) is 0 Å². The molecule has 0 spiro atoms. The number of ether oxygens (including phenoxy) is 2. The number of anilines is 1. The Morgan fingerprint density at radius 1 is 1.21 bits per heavy atom. The topological polar surface area (TPSA) is 101 Å². The van der Waals surface area contributed by atoms with Gasteiger partial charge in [-0.2, -0.15) is 5.26 Å². The molecule has 1 unspecified atom stereocenters. The van der Waals surface area contributed by atoms with Gasteiger partial charge in [-0.3, -0.25) is 4.90 Å². The summed E-state index contributed by atoms with van der Waals surface area (Å²) >= 11 is 0.